The van der Waals surface area contributed by atoms with Crippen LogP contribution in [0.15, 0.2) is 0 Å². The quantitative estimate of drug-likeness (QED) is 0.133. The summed E-state index contributed by atoms with van der Waals surface area (Å²) in [7, 11) is -4.48. The van der Waals surface area contributed by atoms with Gasteiger partial charge in [-0.1, -0.05) is 0 Å². The first-order chi connectivity index (χ1) is 11.9. The SMILES string of the molecule is N=CN[C@H]1CC(O)[C@@H](COP(=O)(O)OC2C[C@H](NC=N)O[C@@H]2CO)O1. The van der Waals surface area contributed by atoms with E-state index in [1.54, 1.807) is 0 Å². The highest BCUT2D eigenvalue weighted by molar-refractivity contribution is 7.47. The lowest BCUT2D eigenvalue weighted by molar-refractivity contribution is -0.0410. The molecule has 7 N–H and O–H groups in total. The number of phosphoric ester groups is 1. The molecule has 3 unspecified atom stereocenters. The Kier molecular flexibility index (Phi) is 7.28. The van der Waals surface area contributed by atoms with Gasteiger partial charge in [-0.05, 0) is 0 Å². The molecule has 2 aliphatic heterocycles. The molecule has 0 aliphatic carbocycles. The maximum absolute atomic E-state index is 12.1. The molecule has 0 aromatic heterocycles. The number of aliphatic hydroxyl groups excluding tert-OH is 2. The number of ether oxygens (including phenoxy) is 2. The van der Waals surface area contributed by atoms with Gasteiger partial charge in [-0.15, -0.1) is 0 Å². The zero-order valence-corrected chi connectivity index (χ0v) is 14.2. The van der Waals surface area contributed by atoms with Gasteiger partial charge in [-0.3, -0.25) is 19.9 Å². The molecule has 0 spiro atoms. The summed E-state index contributed by atoms with van der Waals surface area (Å²) < 4.78 is 32.7. The number of nitrogens with one attached hydrogen (secondary N) is 4. The minimum atomic E-state index is -4.48. The second-order valence-corrected chi connectivity index (χ2v) is 6.98. The number of hydrogen-bond donors (Lipinski definition) is 7. The maximum Gasteiger partial charge on any atom is 0.472 e. The van der Waals surface area contributed by atoms with E-state index in [-0.39, 0.29) is 19.4 Å². The summed E-state index contributed by atoms with van der Waals surface area (Å²) in [6.07, 6.45) is -2.51. The summed E-state index contributed by atoms with van der Waals surface area (Å²) in [5, 5.41) is 38.1. The van der Waals surface area contributed by atoms with E-state index in [0.717, 1.165) is 12.7 Å². The highest BCUT2D eigenvalue weighted by Crippen LogP contribution is 2.47. The van der Waals surface area contributed by atoms with Gasteiger partial charge < -0.3 is 35.2 Å². The summed E-state index contributed by atoms with van der Waals surface area (Å²) in [6, 6.07) is 0. The summed E-state index contributed by atoms with van der Waals surface area (Å²) in [4.78, 5) is 9.84. The van der Waals surface area contributed by atoms with E-state index in [0.29, 0.717) is 0 Å². The van der Waals surface area contributed by atoms with Crippen LogP contribution in [0.25, 0.3) is 0 Å². The summed E-state index contributed by atoms with van der Waals surface area (Å²) in [6.45, 7) is -0.813. The zero-order chi connectivity index (χ0) is 18.4. The van der Waals surface area contributed by atoms with Crippen molar-refractivity contribution >= 4 is 20.5 Å². The van der Waals surface area contributed by atoms with Crippen molar-refractivity contribution in [2.24, 2.45) is 0 Å². The van der Waals surface area contributed by atoms with Gasteiger partial charge in [-0.25, -0.2) is 4.57 Å². The lowest BCUT2D eigenvalue weighted by atomic mass is 10.2. The fraction of sp³-hybridized carbons (Fsp3) is 0.833. The molecule has 144 valence electrons. The van der Waals surface area contributed by atoms with E-state index in [2.05, 4.69) is 10.6 Å². The number of phosphoric acid groups is 1. The van der Waals surface area contributed by atoms with Gasteiger partial charge in [0.25, 0.3) is 0 Å². The topological polar surface area (TPSA) is 186 Å². The molecule has 0 bridgehead atoms. The van der Waals surface area contributed by atoms with Crippen molar-refractivity contribution in [3.63, 3.8) is 0 Å². The Morgan fingerprint density at radius 3 is 2.36 bits per heavy atom. The average molecular weight is 382 g/mol. The highest BCUT2D eigenvalue weighted by Gasteiger charge is 2.41. The first-order valence-corrected chi connectivity index (χ1v) is 9.13. The van der Waals surface area contributed by atoms with Crippen molar-refractivity contribution in [1.82, 2.24) is 10.6 Å². The number of hydrogen-bond acceptors (Lipinski definition) is 9. The van der Waals surface area contributed by atoms with Crippen LogP contribution >= 0.6 is 7.82 Å². The van der Waals surface area contributed by atoms with E-state index < -0.39 is 51.3 Å². The van der Waals surface area contributed by atoms with Crippen LogP contribution < -0.4 is 10.6 Å². The molecule has 2 saturated heterocycles. The molecular formula is C12H23N4O8P. The van der Waals surface area contributed by atoms with Crippen molar-refractivity contribution in [1.29, 1.82) is 10.8 Å². The Balaban J connectivity index is 1.84. The van der Waals surface area contributed by atoms with Crippen LogP contribution in [0.3, 0.4) is 0 Å². The molecule has 12 nitrogen and oxygen atoms in total. The minimum Gasteiger partial charge on any atom is -0.394 e. The van der Waals surface area contributed by atoms with Crippen LogP contribution in [0.4, 0.5) is 0 Å². The summed E-state index contributed by atoms with van der Waals surface area (Å²) in [5.41, 5.74) is 0. The molecule has 13 heteroatoms. The molecule has 2 fully saturated rings. The number of rotatable bonds is 10. The van der Waals surface area contributed by atoms with Crippen molar-refractivity contribution in [3.8, 4) is 0 Å². The average Bonchev–Trinajstić information content (AvgIpc) is 3.08. The predicted molar refractivity (Wildman–Crippen MR) is 84.1 cm³/mol. The largest absolute Gasteiger partial charge is 0.472 e. The fourth-order valence-electron chi connectivity index (χ4n) is 2.64. The number of aliphatic hydroxyl groups is 2. The van der Waals surface area contributed by atoms with Gasteiger partial charge >= 0.3 is 7.82 Å². The Hall–Kier alpha value is -1.11. The van der Waals surface area contributed by atoms with Gasteiger partial charge in [0.15, 0.2) is 0 Å². The van der Waals surface area contributed by atoms with Crippen molar-refractivity contribution in [2.75, 3.05) is 13.2 Å². The van der Waals surface area contributed by atoms with Gasteiger partial charge in [0.05, 0.1) is 32.0 Å². The van der Waals surface area contributed by atoms with Crippen LogP contribution in [0.5, 0.6) is 0 Å². The van der Waals surface area contributed by atoms with Gasteiger partial charge in [0.1, 0.15) is 30.8 Å². The Morgan fingerprint density at radius 1 is 1.16 bits per heavy atom. The lowest BCUT2D eigenvalue weighted by Crippen LogP contribution is -2.30. The normalized spacial score (nSPS) is 37.4. The third-order valence-electron chi connectivity index (χ3n) is 3.81. The smallest absolute Gasteiger partial charge is 0.394 e. The van der Waals surface area contributed by atoms with Crippen LogP contribution in [-0.4, -0.2) is 77.9 Å². The first-order valence-electron chi connectivity index (χ1n) is 7.64. The molecule has 25 heavy (non-hydrogen) atoms. The van der Waals surface area contributed by atoms with Crippen LogP contribution in [0.1, 0.15) is 12.8 Å². The molecule has 2 rings (SSSR count). The zero-order valence-electron chi connectivity index (χ0n) is 13.3. The van der Waals surface area contributed by atoms with E-state index in [1.807, 2.05) is 0 Å². The van der Waals surface area contributed by atoms with Crippen molar-refractivity contribution < 1.29 is 38.2 Å². The summed E-state index contributed by atoms with van der Waals surface area (Å²) >= 11 is 0. The van der Waals surface area contributed by atoms with E-state index in [9.17, 15) is 19.7 Å². The predicted octanol–water partition coefficient (Wildman–Crippen LogP) is -1.53. The molecular weight excluding hydrogens is 359 g/mol. The van der Waals surface area contributed by atoms with Crippen LogP contribution in [0.2, 0.25) is 0 Å². The van der Waals surface area contributed by atoms with Gasteiger partial charge in [-0.2, -0.15) is 0 Å². The molecule has 2 heterocycles. The van der Waals surface area contributed by atoms with Crippen molar-refractivity contribution in [2.45, 2.75) is 49.7 Å². The Bertz CT molecular complexity index is 512. The third-order valence-corrected chi connectivity index (χ3v) is 4.83. The molecule has 2 aliphatic rings. The van der Waals surface area contributed by atoms with Crippen LogP contribution in [-0.2, 0) is 23.1 Å². The highest BCUT2D eigenvalue weighted by atomic mass is 31.2. The van der Waals surface area contributed by atoms with Crippen LogP contribution in [0, 0.1) is 10.8 Å². The molecule has 0 radical (unpaired) electrons. The second-order valence-electron chi connectivity index (χ2n) is 5.58. The Labute approximate surface area is 144 Å². The van der Waals surface area contributed by atoms with Gasteiger partial charge in [0, 0.05) is 12.8 Å². The maximum atomic E-state index is 12.1. The molecule has 0 aromatic carbocycles. The minimum absolute atomic E-state index is 0.141. The third kappa shape index (κ3) is 5.69. The summed E-state index contributed by atoms with van der Waals surface area (Å²) in [5.74, 6) is 0. The lowest BCUT2D eigenvalue weighted by Gasteiger charge is -2.21. The molecule has 0 saturated carbocycles. The first kappa shape index (κ1) is 20.2. The standard InChI is InChI=1S/C12H23N4O8P/c13-5-15-11-1-7(18)10(23-11)4-21-25(19,20)24-8-2-12(16-6-14)22-9(8)3-17/h5-12,17-18H,1-4H2,(H2,13,15)(H2,14,16)(H,19,20)/t7?,8?,9-,10-,11-,12-/m1/s1. The van der Waals surface area contributed by atoms with E-state index >= 15 is 0 Å². The van der Waals surface area contributed by atoms with E-state index in [4.69, 9.17) is 29.3 Å². The molecule has 0 amide bonds. The van der Waals surface area contributed by atoms with Crippen molar-refractivity contribution in [3.05, 3.63) is 0 Å². The monoisotopic (exact) mass is 382 g/mol. The van der Waals surface area contributed by atoms with Gasteiger partial charge in [0.2, 0.25) is 0 Å². The Morgan fingerprint density at radius 2 is 1.76 bits per heavy atom. The van der Waals surface area contributed by atoms with E-state index in [1.165, 1.54) is 0 Å². The second kappa shape index (κ2) is 9.01. The molecule has 0 aromatic rings. The fourth-order valence-corrected chi connectivity index (χ4v) is 3.60. The molecule has 7 atom stereocenters.